The number of nitrogens with one attached hydrogen (secondary N) is 1. The standard InChI is InChI=1S/C17H11NO3/c19-15-10-14(17(21)18-15)11-6-8-13(9-7-11)16(20)12-4-2-1-3-5-12/h1-10H,(H,18,19,21). The molecule has 2 amide bonds. The van der Waals surface area contributed by atoms with E-state index in [1.165, 1.54) is 6.08 Å². The molecule has 1 aliphatic heterocycles. The van der Waals surface area contributed by atoms with Crippen LogP contribution in [0.15, 0.2) is 60.7 Å². The third-order valence-electron chi connectivity index (χ3n) is 3.25. The lowest BCUT2D eigenvalue weighted by molar-refractivity contribution is -0.123. The first-order valence-corrected chi connectivity index (χ1v) is 6.42. The molecule has 0 bridgehead atoms. The Balaban J connectivity index is 1.88. The van der Waals surface area contributed by atoms with Gasteiger partial charge in [-0.3, -0.25) is 19.7 Å². The molecule has 0 saturated carbocycles. The first-order chi connectivity index (χ1) is 10.1. The number of amides is 2. The summed E-state index contributed by atoms with van der Waals surface area (Å²) in [7, 11) is 0. The maximum atomic E-state index is 12.2. The van der Waals surface area contributed by atoms with Gasteiger partial charge in [-0.25, -0.2) is 0 Å². The van der Waals surface area contributed by atoms with E-state index in [1.54, 1.807) is 48.5 Å². The van der Waals surface area contributed by atoms with Gasteiger partial charge in [-0.1, -0.05) is 54.6 Å². The fourth-order valence-electron chi connectivity index (χ4n) is 2.18. The highest BCUT2D eigenvalue weighted by Crippen LogP contribution is 2.19. The maximum absolute atomic E-state index is 12.2. The topological polar surface area (TPSA) is 63.2 Å². The van der Waals surface area contributed by atoms with Gasteiger partial charge in [0.15, 0.2) is 5.78 Å². The lowest BCUT2D eigenvalue weighted by atomic mass is 9.99. The number of rotatable bonds is 3. The molecule has 0 radical (unpaired) electrons. The Morgan fingerprint density at radius 2 is 1.43 bits per heavy atom. The van der Waals surface area contributed by atoms with Crippen molar-refractivity contribution in [1.82, 2.24) is 5.32 Å². The van der Waals surface area contributed by atoms with Crippen molar-refractivity contribution in [3.8, 4) is 0 Å². The number of ketones is 1. The monoisotopic (exact) mass is 277 g/mol. The lowest BCUT2D eigenvalue weighted by Crippen LogP contribution is -2.21. The number of imide groups is 1. The molecule has 0 aliphatic carbocycles. The van der Waals surface area contributed by atoms with Crippen molar-refractivity contribution in [3.05, 3.63) is 77.4 Å². The molecule has 102 valence electrons. The predicted molar refractivity (Wildman–Crippen MR) is 77.4 cm³/mol. The van der Waals surface area contributed by atoms with Crippen LogP contribution in [0.1, 0.15) is 21.5 Å². The van der Waals surface area contributed by atoms with Gasteiger partial charge in [0, 0.05) is 17.2 Å². The molecule has 1 heterocycles. The van der Waals surface area contributed by atoms with E-state index in [9.17, 15) is 14.4 Å². The summed E-state index contributed by atoms with van der Waals surface area (Å²) in [4.78, 5) is 34.9. The Kier molecular flexibility index (Phi) is 3.20. The minimum Gasteiger partial charge on any atom is -0.289 e. The van der Waals surface area contributed by atoms with E-state index in [1.807, 2.05) is 6.07 Å². The van der Waals surface area contributed by atoms with Gasteiger partial charge in [0.1, 0.15) is 0 Å². The van der Waals surface area contributed by atoms with Crippen LogP contribution in [-0.2, 0) is 9.59 Å². The predicted octanol–water partition coefficient (Wildman–Crippen LogP) is 1.96. The molecule has 0 spiro atoms. The van der Waals surface area contributed by atoms with Crippen LogP contribution in [-0.4, -0.2) is 17.6 Å². The number of hydrogen-bond acceptors (Lipinski definition) is 3. The van der Waals surface area contributed by atoms with Crippen LogP contribution in [0.25, 0.3) is 5.57 Å². The fraction of sp³-hybridized carbons (Fsp3) is 0. The minimum absolute atomic E-state index is 0.0805. The van der Waals surface area contributed by atoms with E-state index in [0.717, 1.165) is 0 Å². The Morgan fingerprint density at radius 1 is 0.810 bits per heavy atom. The van der Waals surface area contributed by atoms with Gasteiger partial charge in [-0.05, 0) is 5.56 Å². The van der Waals surface area contributed by atoms with Crippen molar-refractivity contribution >= 4 is 23.2 Å². The summed E-state index contributed by atoms with van der Waals surface area (Å²) in [5, 5.41) is 2.19. The SMILES string of the molecule is O=C1C=C(c2ccc(C(=O)c3ccccc3)cc2)C(=O)N1. The van der Waals surface area contributed by atoms with Crippen molar-refractivity contribution in [3.63, 3.8) is 0 Å². The van der Waals surface area contributed by atoms with Gasteiger partial charge in [-0.15, -0.1) is 0 Å². The first-order valence-electron chi connectivity index (χ1n) is 6.42. The van der Waals surface area contributed by atoms with E-state index in [-0.39, 0.29) is 5.78 Å². The number of benzene rings is 2. The van der Waals surface area contributed by atoms with E-state index in [2.05, 4.69) is 5.32 Å². The van der Waals surface area contributed by atoms with Crippen molar-refractivity contribution in [2.24, 2.45) is 0 Å². The molecule has 1 aliphatic rings. The lowest BCUT2D eigenvalue weighted by Gasteiger charge is -2.04. The van der Waals surface area contributed by atoms with Crippen LogP contribution in [0.5, 0.6) is 0 Å². The Morgan fingerprint density at radius 3 is 2.00 bits per heavy atom. The van der Waals surface area contributed by atoms with Gasteiger partial charge in [0.05, 0.1) is 5.57 Å². The van der Waals surface area contributed by atoms with Gasteiger partial charge >= 0.3 is 0 Å². The summed E-state index contributed by atoms with van der Waals surface area (Å²) in [6.45, 7) is 0. The second-order valence-electron chi connectivity index (χ2n) is 4.65. The summed E-state index contributed by atoms with van der Waals surface area (Å²) in [6, 6.07) is 15.6. The summed E-state index contributed by atoms with van der Waals surface area (Å²) in [5.74, 6) is -0.912. The molecule has 2 aromatic rings. The third-order valence-corrected chi connectivity index (χ3v) is 3.25. The Hall–Kier alpha value is -3.01. The first kappa shape index (κ1) is 13.0. The molecule has 1 N–H and O–H groups in total. The minimum atomic E-state index is -0.417. The molecule has 0 saturated heterocycles. The molecule has 0 fully saturated rings. The number of carbonyl (C=O) groups is 3. The van der Waals surface area contributed by atoms with E-state index in [4.69, 9.17) is 0 Å². The summed E-state index contributed by atoms with van der Waals surface area (Å²) in [6.07, 6.45) is 1.26. The van der Waals surface area contributed by atoms with Crippen LogP contribution >= 0.6 is 0 Å². The number of carbonyl (C=O) groups excluding carboxylic acids is 3. The molecule has 4 heteroatoms. The van der Waals surface area contributed by atoms with Crippen LogP contribution in [0.3, 0.4) is 0 Å². The zero-order valence-corrected chi connectivity index (χ0v) is 11.0. The largest absolute Gasteiger partial charge is 0.289 e. The average Bonchev–Trinajstić information content (AvgIpc) is 2.86. The maximum Gasteiger partial charge on any atom is 0.258 e. The molecule has 21 heavy (non-hydrogen) atoms. The summed E-state index contributed by atoms with van der Waals surface area (Å²) in [5.41, 5.74) is 2.08. The number of hydrogen-bond donors (Lipinski definition) is 1. The zero-order valence-electron chi connectivity index (χ0n) is 11.0. The van der Waals surface area contributed by atoms with E-state index < -0.39 is 11.8 Å². The van der Waals surface area contributed by atoms with Crippen molar-refractivity contribution < 1.29 is 14.4 Å². The normalized spacial score (nSPS) is 13.8. The van der Waals surface area contributed by atoms with Crippen LogP contribution in [0, 0.1) is 0 Å². The molecule has 0 atom stereocenters. The van der Waals surface area contributed by atoms with E-state index in [0.29, 0.717) is 22.3 Å². The zero-order chi connectivity index (χ0) is 14.8. The van der Waals surface area contributed by atoms with Crippen LogP contribution in [0.4, 0.5) is 0 Å². The highest BCUT2D eigenvalue weighted by molar-refractivity contribution is 6.33. The van der Waals surface area contributed by atoms with Crippen molar-refractivity contribution in [1.29, 1.82) is 0 Å². The molecule has 4 nitrogen and oxygen atoms in total. The smallest absolute Gasteiger partial charge is 0.258 e. The molecule has 3 rings (SSSR count). The van der Waals surface area contributed by atoms with Gasteiger partial charge in [0.2, 0.25) is 0 Å². The average molecular weight is 277 g/mol. The molecule has 2 aromatic carbocycles. The molecular weight excluding hydrogens is 266 g/mol. The highest BCUT2D eigenvalue weighted by Gasteiger charge is 2.22. The summed E-state index contributed by atoms with van der Waals surface area (Å²) >= 11 is 0. The molecular formula is C17H11NO3. The molecule has 0 aromatic heterocycles. The van der Waals surface area contributed by atoms with Crippen LogP contribution < -0.4 is 5.32 Å². The highest BCUT2D eigenvalue weighted by atomic mass is 16.2. The van der Waals surface area contributed by atoms with Gasteiger partial charge in [0.25, 0.3) is 11.8 Å². The van der Waals surface area contributed by atoms with Crippen molar-refractivity contribution in [2.75, 3.05) is 0 Å². The van der Waals surface area contributed by atoms with Crippen LogP contribution in [0.2, 0.25) is 0 Å². The van der Waals surface area contributed by atoms with Gasteiger partial charge < -0.3 is 0 Å². The third kappa shape index (κ3) is 2.51. The van der Waals surface area contributed by atoms with E-state index >= 15 is 0 Å². The Bertz CT molecular complexity index is 758. The molecule has 0 unspecified atom stereocenters. The Labute approximate surface area is 121 Å². The quantitative estimate of drug-likeness (QED) is 0.689. The summed E-state index contributed by atoms with van der Waals surface area (Å²) < 4.78 is 0. The second kappa shape index (κ2) is 5.17. The van der Waals surface area contributed by atoms with Gasteiger partial charge in [-0.2, -0.15) is 0 Å². The van der Waals surface area contributed by atoms with Crippen molar-refractivity contribution in [2.45, 2.75) is 0 Å². The fourth-order valence-corrected chi connectivity index (χ4v) is 2.18. The second-order valence-corrected chi connectivity index (χ2v) is 4.65.